The van der Waals surface area contributed by atoms with Crippen LogP contribution in [0, 0.1) is 0 Å². The summed E-state index contributed by atoms with van der Waals surface area (Å²) in [5.74, 6) is 1.39. The van der Waals surface area contributed by atoms with Gasteiger partial charge in [0.15, 0.2) is 4.96 Å². The van der Waals surface area contributed by atoms with E-state index in [-0.39, 0.29) is 5.91 Å². The summed E-state index contributed by atoms with van der Waals surface area (Å²) in [5.41, 5.74) is 3.28. The predicted octanol–water partition coefficient (Wildman–Crippen LogP) is 4.01. The summed E-state index contributed by atoms with van der Waals surface area (Å²) in [5, 5.41) is 4.77. The maximum Gasteiger partial charge on any atom is 0.269 e. The number of thiazole rings is 1. The molecule has 2 heterocycles. The Balaban J connectivity index is 1.55. The van der Waals surface area contributed by atoms with Gasteiger partial charge in [0.25, 0.3) is 5.91 Å². The van der Waals surface area contributed by atoms with Gasteiger partial charge in [-0.25, -0.2) is 4.98 Å². The van der Waals surface area contributed by atoms with Gasteiger partial charge in [-0.1, -0.05) is 24.3 Å². The van der Waals surface area contributed by atoms with Crippen molar-refractivity contribution in [1.29, 1.82) is 0 Å². The van der Waals surface area contributed by atoms with Crippen LogP contribution in [0.2, 0.25) is 0 Å². The van der Waals surface area contributed by atoms with Gasteiger partial charge in [0.1, 0.15) is 17.2 Å². The molecule has 28 heavy (non-hydrogen) atoms. The quantitative estimate of drug-likeness (QED) is 0.538. The van der Waals surface area contributed by atoms with E-state index in [0.29, 0.717) is 12.2 Å². The van der Waals surface area contributed by atoms with Crippen molar-refractivity contribution < 1.29 is 14.3 Å². The number of fused-ring (bicyclic) bond motifs is 1. The van der Waals surface area contributed by atoms with Crippen LogP contribution in [-0.2, 0) is 6.54 Å². The summed E-state index contributed by atoms with van der Waals surface area (Å²) in [6, 6.07) is 15.3. The minimum Gasteiger partial charge on any atom is -0.497 e. The standard InChI is InChI=1S/C21H19N3O3S/c1-26-16-7-3-5-14(9-16)11-22-20(25)19-13-28-21-23-18(12-24(19)21)15-6-4-8-17(10-15)27-2/h3-10,12-13H,11H2,1-2H3,(H,22,25). The number of hydrogen-bond donors (Lipinski definition) is 1. The Bertz CT molecular complexity index is 1130. The van der Waals surface area contributed by atoms with E-state index in [9.17, 15) is 4.79 Å². The fourth-order valence-electron chi connectivity index (χ4n) is 2.92. The van der Waals surface area contributed by atoms with E-state index in [1.807, 2.05) is 64.5 Å². The van der Waals surface area contributed by atoms with Crippen LogP contribution in [0.4, 0.5) is 0 Å². The Morgan fingerprint density at radius 1 is 1.11 bits per heavy atom. The summed E-state index contributed by atoms with van der Waals surface area (Å²) < 4.78 is 12.3. The van der Waals surface area contributed by atoms with Crippen LogP contribution < -0.4 is 14.8 Å². The van der Waals surface area contributed by atoms with Crippen molar-refractivity contribution in [2.75, 3.05) is 14.2 Å². The number of hydrogen-bond acceptors (Lipinski definition) is 5. The number of ether oxygens (including phenoxy) is 2. The largest absolute Gasteiger partial charge is 0.497 e. The molecule has 0 bridgehead atoms. The Morgan fingerprint density at radius 2 is 1.86 bits per heavy atom. The average Bonchev–Trinajstić information content (AvgIpc) is 3.33. The topological polar surface area (TPSA) is 64.9 Å². The monoisotopic (exact) mass is 393 g/mol. The zero-order valence-corrected chi connectivity index (χ0v) is 16.3. The maximum atomic E-state index is 12.7. The summed E-state index contributed by atoms with van der Waals surface area (Å²) in [6.07, 6.45) is 1.88. The Labute approximate surface area is 166 Å². The number of benzene rings is 2. The first-order valence-electron chi connectivity index (χ1n) is 8.70. The van der Waals surface area contributed by atoms with Crippen LogP contribution in [0.15, 0.2) is 60.1 Å². The zero-order valence-electron chi connectivity index (χ0n) is 15.5. The molecule has 1 N–H and O–H groups in total. The van der Waals surface area contributed by atoms with Crippen molar-refractivity contribution in [3.8, 4) is 22.8 Å². The summed E-state index contributed by atoms with van der Waals surface area (Å²) in [4.78, 5) is 18.1. The van der Waals surface area contributed by atoms with Crippen molar-refractivity contribution in [2.24, 2.45) is 0 Å². The highest BCUT2D eigenvalue weighted by Gasteiger charge is 2.15. The second-order valence-corrected chi connectivity index (χ2v) is 7.00. The van der Waals surface area contributed by atoms with Gasteiger partial charge in [-0.05, 0) is 29.8 Å². The molecule has 6 nitrogen and oxygen atoms in total. The lowest BCUT2D eigenvalue weighted by atomic mass is 10.1. The smallest absolute Gasteiger partial charge is 0.269 e. The SMILES string of the molecule is COc1cccc(CNC(=O)c2csc3nc(-c4cccc(OC)c4)cn23)c1. The van der Waals surface area contributed by atoms with E-state index in [1.54, 1.807) is 14.2 Å². The number of amides is 1. The molecule has 0 saturated heterocycles. The highest BCUT2D eigenvalue weighted by Crippen LogP contribution is 2.26. The van der Waals surface area contributed by atoms with Crippen molar-refractivity contribution >= 4 is 22.2 Å². The van der Waals surface area contributed by atoms with Crippen LogP contribution >= 0.6 is 11.3 Å². The molecular weight excluding hydrogens is 374 g/mol. The Hall–Kier alpha value is -3.32. The molecule has 0 saturated carbocycles. The minimum absolute atomic E-state index is 0.149. The molecule has 4 rings (SSSR count). The number of methoxy groups -OCH3 is 2. The maximum absolute atomic E-state index is 12.7. The Morgan fingerprint density at radius 3 is 2.64 bits per heavy atom. The number of rotatable bonds is 6. The lowest BCUT2D eigenvalue weighted by molar-refractivity contribution is 0.0945. The van der Waals surface area contributed by atoms with E-state index >= 15 is 0 Å². The average molecular weight is 393 g/mol. The van der Waals surface area contributed by atoms with E-state index in [4.69, 9.17) is 9.47 Å². The van der Waals surface area contributed by atoms with E-state index in [0.717, 1.165) is 33.3 Å². The molecule has 2 aromatic carbocycles. The van der Waals surface area contributed by atoms with Gasteiger partial charge in [0.2, 0.25) is 0 Å². The minimum atomic E-state index is -0.149. The number of carbonyl (C=O) groups is 1. The molecule has 0 atom stereocenters. The first kappa shape index (κ1) is 18.1. The molecule has 0 unspecified atom stereocenters. The van der Waals surface area contributed by atoms with Gasteiger partial charge in [-0.3, -0.25) is 9.20 Å². The van der Waals surface area contributed by atoms with Gasteiger partial charge in [0, 0.05) is 23.7 Å². The third kappa shape index (κ3) is 3.57. The molecule has 4 aromatic rings. The second kappa shape index (κ2) is 7.74. The van der Waals surface area contributed by atoms with Gasteiger partial charge < -0.3 is 14.8 Å². The predicted molar refractivity (Wildman–Crippen MR) is 109 cm³/mol. The number of nitrogens with zero attached hydrogens (tertiary/aromatic N) is 2. The van der Waals surface area contributed by atoms with Gasteiger partial charge in [-0.2, -0.15) is 0 Å². The number of nitrogens with one attached hydrogen (secondary N) is 1. The van der Waals surface area contributed by atoms with Crippen molar-refractivity contribution in [2.45, 2.75) is 6.54 Å². The molecule has 0 fully saturated rings. The molecule has 7 heteroatoms. The molecular formula is C21H19N3O3S. The molecule has 2 aromatic heterocycles. The van der Waals surface area contributed by atoms with Crippen molar-refractivity contribution in [3.63, 3.8) is 0 Å². The number of aromatic nitrogens is 2. The molecule has 0 radical (unpaired) electrons. The molecule has 142 valence electrons. The molecule has 0 aliphatic rings. The number of imidazole rings is 1. The third-order valence-electron chi connectivity index (χ3n) is 4.39. The molecule has 1 amide bonds. The zero-order chi connectivity index (χ0) is 19.5. The van der Waals surface area contributed by atoms with Crippen LogP contribution in [0.5, 0.6) is 11.5 Å². The first-order chi connectivity index (χ1) is 13.7. The highest BCUT2D eigenvalue weighted by molar-refractivity contribution is 7.15. The third-order valence-corrected chi connectivity index (χ3v) is 5.23. The number of carbonyl (C=O) groups excluding carboxylic acids is 1. The van der Waals surface area contributed by atoms with Gasteiger partial charge >= 0.3 is 0 Å². The molecule has 0 aliphatic carbocycles. The lowest BCUT2D eigenvalue weighted by Gasteiger charge is -2.06. The van der Waals surface area contributed by atoms with Crippen molar-refractivity contribution in [3.05, 3.63) is 71.4 Å². The van der Waals surface area contributed by atoms with Crippen LogP contribution in [0.25, 0.3) is 16.2 Å². The van der Waals surface area contributed by atoms with E-state index < -0.39 is 0 Å². The first-order valence-corrected chi connectivity index (χ1v) is 9.58. The Kier molecular flexibility index (Phi) is 4.99. The van der Waals surface area contributed by atoms with Crippen LogP contribution in [-0.4, -0.2) is 29.5 Å². The highest BCUT2D eigenvalue weighted by atomic mass is 32.1. The molecule has 0 spiro atoms. The van der Waals surface area contributed by atoms with Crippen LogP contribution in [0.1, 0.15) is 16.1 Å². The fraction of sp³-hybridized carbons (Fsp3) is 0.143. The fourth-order valence-corrected chi connectivity index (χ4v) is 3.78. The van der Waals surface area contributed by atoms with Crippen molar-refractivity contribution in [1.82, 2.24) is 14.7 Å². The van der Waals surface area contributed by atoms with E-state index in [1.165, 1.54) is 11.3 Å². The van der Waals surface area contributed by atoms with Crippen LogP contribution in [0.3, 0.4) is 0 Å². The normalized spacial score (nSPS) is 10.8. The van der Waals surface area contributed by atoms with E-state index in [2.05, 4.69) is 10.3 Å². The summed E-state index contributed by atoms with van der Waals surface area (Å²) >= 11 is 1.44. The summed E-state index contributed by atoms with van der Waals surface area (Å²) in [7, 11) is 3.26. The van der Waals surface area contributed by atoms with Gasteiger partial charge in [-0.15, -0.1) is 11.3 Å². The lowest BCUT2D eigenvalue weighted by Crippen LogP contribution is -2.23. The summed E-state index contributed by atoms with van der Waals surface area (Å²) in [6.45, 7) is 0.421. The van der Waals surface area contributed by atoms with Gasteiger partial charge in [0.05, 0.1) is 19.9 Å². The molecule has 0 aliphatic heterocycles. The second-order valence-electron chi connectivity index (χ2n) is 6.17.